The van der Waals surface area contributed by atoms with Crippen molar-refractivity contribution < 1.29 is 9.47 Å². The van der Waals surface area contributed by atoms with Crippen LogP contribution >= 0.6 is 15.9 Å². The van der Waals surface area contributed by atoms with Gasteiger partial charge in [-0.25, -0.2) is 0 Å². The van der Waals surface area contributed by atoms with E-state index in [9.17, 15) is 0 Å². The smallest absolute Gasteiger partial charge is 0.231 e. The predicted molar refractivity (Wildman–Crippen MR) is 61.3 cm³/mol. The van der Waals surface area contributed by atoms with Gasteiger partial charge in [0.05, 0.1) is 12.4 Å². The summed E-state index contributed by atoms with van der Waals surface area (Å²) in [5.74, 6) is 1.53. The normalized spacial score (nSPS) is 12.8. The van der Waals surface area contributed by atoms with Gasteiger partial charge in [-0.15, -0.1) is 0 Å². The third-order valence-electron chi connectivity index (χ3n) is 2.37. The fourth-order valence-corrected chi connectivity index (χ4v) is 2.05. The Morgan fingerprint density at radius 2 is 1.94 bits per heavy atom. The molecule has 0 unspecified atom stereocenters. The van der Waals surface area contributed by atoms with Crippen LogP contribution in [0, 0.1) is 0 Å². The fraction of sp³-hybridized carbons (Fsp3) is 0.0909. The molecule has 0 saturated heterocycles. The summed E-state index contributed by atoms with van der Waals surface area (Å²) in [6, 6.07) is 5.78. The molecule has 1 aliphatic rings. The zero-order valence-electron chi connectivity index (χ0n) is 8.18. The van der Waals surface area contributed by atoms with Crippen LogP contribution in [0.1, 0.15) is 0 Å². The van der Waals surface area contributed by atoms with Crippen molar-refractivity contribution in [3.63, 3.8) is 0 Å². The Bertz CT molecular complexity index is 545. The average Bonchev–Trinajstić information content (AvgIpc) is 2.77. The number of hydrogen-bond donors (Lipinski definition) is 0. The number of nitrogens with zero attached hydrogens (tertiary/aromatic N) is 2. The van der Waals surface area contributed by atoms with Crippen molar-refractivity contribution in [2.75, 3.05) is 6.79 Å². The van der Waals surface area contributed by atoms with Crippen LogP contribution in [0.4, 0.5) is 0 Å². The molecule has 1 aromatic heterocycles. The largest absolute Gasteiger partial charge is 0.454 e. The third kappa shape index (κ3) is 1.44. The molecule has 0 radical (unpaired) electrons. The van der Waals surface area contributed by atoms with Crippen molar-refractivity contribution in [3.05, 3.63) is 35.1 Å². The zero-order chi connectivity index (χ0) is 11.0. The van der Waals surface area contributed by atoms with Crippen molar-refractivity contribution in [2.45, 2.75) is 0 Å². The molecule has 3 rings (SSSR count). The van der Waals surface area contributed by atoms with E-state index in [-0.39, 0.29) is 6.79 Å². The summed E-state index contributed by atoms with van der Waals surface area (Å²) < 4.78 is 11.7. The second-order valence-corrected chi connectivity index (χ2v) is 4.14. The number of halogens is 1. The van der Waals surface area contributed by atoms with Crippen molar-refractivity contribution in [2.24, 2.45) is 0 Å². The first-order valence-electron chi connectivity index (χ1n) is 4.71. The summed E-state index contributed by atoms with van der Waals surface area (Å²) in [4.78, 5) is 0. The standard InChI is InChI=1S/C11H7BrN2O2/c12-9-5-14-13-4-8(9)7-2-1-3-10-11(7)16-6-15-10/h1-5H,6H2. The van der Waals surface area contributed by atoms with E-state index in [0.29, 0.717) is 0 Å². The Morgan fingerprint density at radius 1 is 1.06 bits per heavy atom. The topological polar surface area (TPSA) is 44.2 Å². The Morgan fingerprint density at radius 3 is 2.81 bits per heavy atom. The first-order valence-corrected chi connectivity index (χ1v) is 5.51. The van der Waals surface area contributed by atoms with Crippen LogP contribution in [-0.2, 0) is 0 Å². The molecule has 0 bridgehead atoms. The molecule has 5 heteroatoms. The van der Waals surface area contributed by atoms with Crippen LogP contribution in [0.3, 0.4) is 0 Å². The molecule has 0 spiro atoms. The predicted octanol–water partition coefficient (Wildman–Crippen LogP) is 2.63. The van der Waals surface area contributed by atoms with E-state index >= 15 is 0 Å². The van der Waals surface area contributed by atoms with Crippen molar-refractivity contribution in [1.29, 1.82) is 0 Å². The minimum absolute atomic E-state index is 0.266. The summed E-state index contributed by atoms with van der Waals surface area (Å²) in [7, 11) is 0. The molecule has 0 N–H and O–H groups in total. The van der Waals surface area contributed by atoms with Gasteiger partial charge in [0.2, 0.25) is 6.79 Å². The molecule has 80 valence electrons. The maximum absolute atomic E-state index is 5.45. The van der Waals surface area contributed by atoms with Gasteiger partial charge in [-0.05, 0) is 22.0 Å². The zero-order valence-corrected chi connectivity index (χ0v) is 9.77. The van der Waals surface area contributed by atoms with Crippen molar-refractivity contribution >= 4 is 15.9 Å². The van der Waals surface area contributed by atoms with E-state index < -0.39 is 0 Å². The third-order valence-corrected chi connectivity index (χ3v) is 3.00. The maximum atomic E-state index is 5.45. The number of fused-ring (bicyclic) bond motifs is 1. The van der Waals surface area contributed by atoms with Gasteiger partial charge in [-0.2, -0.15) is 10.2 Å². The van der Waals surface area contributed by atoms with Crippen LogP contribution in [-0.4, -0.2) is 17.0 Å². The summed E-state index contributed by atoms with van der Waals surface area (Å²) in [5.41, 5.74) is 1.90. The fourth-order valence-electron chi connectivity index (χ4n) is 1.65. The molecule has 1 aromatic carbocycles. The maximum Gasteiger partial charge on any atom is 0.231 e. The van der Waals surface area contributed by atoms with Gasteiger partial charge in [0, 0.05) is 15.6 Å². The lowest BCUT2D eigenvalue weighted by molar-refractivity contribution is 0.174. The molecule has 0 saturated carbocycles. The number of ether oxygens (including phenoxy) is 2. The molecule has 16 heavy (non-hydrogen) atoms. The lowest BCUT2D eigenvalue weighted by Gasteiger charge is -2.06. The van der Waals surface area contributed by atoms with Crippen LogP contribution in [0.5, 0.6) is 11.5 Å². The van der Waals surface area contributed by atoms with Crippen LogP contribution in [0.15, 0.2) is 35.1 Å². The van der Waals surface area contributed by atoms with E-state index in [1.807, 2.05) is 18.2 Å². The lowest BCUT2D eigenvalue weighted by atomic mass is 10.1. The minimum atomic E-state index is 0.266. The van der Waals surface area contributed by atoms with E-state index in [1.54, 1.807) is 12.4 Å². The summed E-state index contributed by atoms with van der Waals surface area (Å²) in [6.07, 6.45) is 3.35. The Balaban J connectivity index is 2.21. The minimum Gasteiger partial charge on any atom is -0.454 e. The van der Waals surface area contributed by atoms with E-state index in [0.717, 1.165) is 27.1 Å². The lowest BCUT2D eigenvalue weighted by Crippen LogP contribution is -1.94. The number of rotatable bonds is 1. The molecule has 0 fully saturated rings. The first kappa shape index (κ1) is 9.59. The molecule has 4 nitrogen and oxygen atoms in total. The summed E-state index contributed by atoms with van der Waals surface area (Å²) >= 11 is 3.44. The molecular formula is C11H7BrN2O2. The first-order chi connectivity index (χ1) is 7.86. The Hall–Kier alpha value is -1.62. The van der Waals surface area contributed by atoms with Crippen LogP contribution in [0.25, 0.3) is 11.1 Å². The summed E-state index contributed by atoms with van der Waals surface area (Å²) in [6.45, 7) is 0.266. The SMILES string of the molecule is Brc1cnncc1-c1cccc2c1OCO2. The van der Waals surface area contributed by atoms with Crippen LogP contribution in [0.2, 0.25) is 0 Å². The van der Waals surface area contributed by atoms with Gasteiger partial charge in [0.25, 0.3) is 0 Å². The van der Waals surface area contributed by atoms with Gasteiger partial charge in [0.1, 0.15) is 0 Å². The van der Waals surface area contributed by atoms with Gasteiger partial charge in [-0.3, -0.25) is 0 Å². The molecule has 2 aromatic rings. The second kappa shape index (κ2) is 3.75. The van der Waals surface area contributed by atoms with Crippen molar-refractivity contribution in [1.82, 2.24) is 10.2 Å². The highest BCUT2D eigenvalue weighted by atomic mass is 79.9. The van der Waals surface area contributed by atoms with Gasteiger partial charge >= 0.3 is 0 Å². The number of para-hydroxylation sites is 1. The van der Waals surface area contributed by atoms with Gasteiger partial charge in [-0.1, -0.05) is 12.1 Å². The molecule has 0 amide bonds. The molecule has 0 atom stereocenters. The number of benzene rings is 1. The summed E-state index contributed by atoms with van der Waals surface area (Å²) in [5, 5.41) is 7.67. The second-order valence-electron chi connectivity index (χ2n) is 3.29. The van der Waals surface area contributed by atoms with Gasteiger partial charge in [0.15, 0.2) is 11.5 Å². The van der Waals surface area contributed by atoms with Crippen LogP contribution < -0.4 is 9.47 Å². The molecule has 1 aliphatic heterocycles. The Labute approximate surface area is 100 Å². The molecule has 2 heterocycles. The van der Waals surface area contributed by atoms with E-state index in [1.165, 1.54) is 0 Å². The van der Waals surface area contributed by atoms with E-state index in [4.69, 9.17) is 9.47 Å². The molecular weight excluding hydrogens is 272 g/mol. The average molecular weight is 279 g/mol. The highest BCUT2D eigenvalue weighted by Crippen LogP contribution is 2.42. The highest BCUT2D eigenvalue weighted by Gasteiger charge is 2.19. The quantitative estimate of drug-likeness (QED) is 0.805. The van der Waals surface area contributed by atoms with Gasteiger partial charge < -0.3 is 9.47 Å². The number of aromatic nitrogens is 2. The monoisotopic (exact) mass is 278 g/mol. The van der Waals surface area contributed by atoms with E-state index in [2.05, 4.69) is 26.1 Å². The highest BCUT2D eigenvalue weighted by molar-refractivity contribution is 9.10. The molecule has 0 aliphatic carbocycles. The Kier molecular flexibility index (Phi) is 2.25. The number of hydrogen-bond acceptors (Lipinski definition) is 4. The van der Waals surface area contributed by atoms with Crippen molar-refractivity contribution in [3.8, 4) is 22.6 Å².